The van der Waals surface area contributed by atoms with E-state index in [-0.39, 0.29) is 11.5 Å². The van der Waals surface area contributed by atoms with E-state index < -0.39 is 0 Å². The molecule has 0 spiro atoms. The molecule has 27 heavy (non-hydrogen) atoms. The maximum atomic E-state index is 5.54. The molecule has 0 radical (unpaired) electrons. The first-order valence-electron chi connectivity index (χ1n) is 9.78. The highest BCUT2D eigenvalue weighted by Crippen LogP contribution is 2.33. The summed E-state index contributed by atoms with van der Waals surface area (Å²) in [5.41, 5.74) is 3.82. The predicted molar refractivity (Wildman–Crippen MR) is 105 cm³/mol. The summed E-state index contributed by atoms with van der Waals surface area (Å²) in [4.78, 5) is 13.1. The molecule has 1 unspecified atom stereocenters. The summed E-state index contributed by atoms with van der Waals surface area (Å²) < 4.78 is 10.9. The van der Waals surface area contributed by atoms with Gasteiger partial charge in [-0.2, -0.15) is 0 Å². The lowest BCUT2D eigenvalue weighted by Gasteiger charge is -2.45. The van der Waals surface area contributed by atoms with Crippen molar-refractivity contribution in [3.63, 3.8) is 0 Å². The van der Waals surface area contributed by atoms with Crippen LogP contribution >= 0.6 is 0 Å². The number of benzene rings is 1. The van der Waals surface area contributed by atoms with E-state index in [1.54, 1.807) is 7.11 Å². The topological polar surface area (TPSA) is 53.6 Å². The van der Waals surface area contributed by atoms with Crippen LogP contribution < -0.4 is 4.74 Å². The second kappa shape index (κ2) is 7.62. The Kier molecular flexibility index (Phi) is 5.21. The molecule has 2 aromatic rings. The van der Waals surface area contributed by atoms with Crippen molar-refractivity contribution in [2.45, 2.75) is 31.8 Å². The van der Waals surface area contributed by atoms with Gasteiger partial charge in [-0.05, 0) is 31.5 Å². The number of nitrogens with zero attached hydrogens (tertiary/aromatic N) is 3. The van der Waals surface area contributed by atoms with Gasteiger partial charge in [0.05, 0.1) is 38.0 Å². The van der Waals surface area contributed by atoms with E-state index in [1.807, 2.05) is 18.5 Å². The van der Waals surface area contributed by atoms with Gasteiger partial charge < -0.3 is 14.5 Å². The molecule has 0 amide bonds. The van der Waals surface area contributed by atoms with Gasteiger partial charge in [0.25, 0.3) is 0 Å². The van der Waals surface area contributed by atoms with Crippen LogP contribution in [0.25, 0.3) is 0 Å². The average Bonchev–Trinajstić information content (AvgIpc) is 3.16. The number of imidazole rings is 1. The molecular formula is C21H30N4O2. The monoisotopic (exact) mass is 370 g/mol. The summed E-state index contributed by atoms with van der Waals surface area (Å²) in [5.74, 6) is 1.17. The molecule has 3 heterocycles. The lowest BCUT2D eigenvalue weighted by Crippen LogP contribution is -2.56. The lowest BCUT2D eigenvalue weighted by molar-refractivity contribution is -0.0237. The molecule has 1 aromatic carbocycles. The molecule has 0 bridgehead atoms. The molecule has 6 nitrogen and oxygen atoms in total. The summed E-state index contributed by atoms with van der Waals surface area (Å²) in [6.45, 7) is 11.3. The largest absolute Gasteiger partial charge is 0.497 e. The fourth-order valence-electron chi connectivity index (χ4n) is 4.43. The first kappa shape index (κ1) is 18.5. The molecule has 1 saturated heterocycles. The second-order valence-corrected chi connectivity index (χ2v) is 8.17. The van der Waals surface area contributed by atoms with Crippen LogP contribution in [0.1, 0.15) is 36.7 Å². The highest BCUT2D eigenvalue weighted by Gasteiger charge is 2.35. The zero-order valence-corrected chi connectivity index (χ0v) is 16.6. The van der Waals surface area contributed by atoms with E-state index >= 15 is 0 Å². The quantitative estimate of drug-likeness (QED) is 0.876. The Bertz CT molecular complexity index is 750. The number of hydrogen-bond donors (Lipinski definition) is 1. The van der Waals surface area contributed by atoms with Gasteiger partial charge in [0.2, 0.25) is 0 Å². The molecule has 1 N–H and O–H groups in total. The van der Waals surface area contributed by atoms with Gasteiger partial charge in [-0.1, -0.05) is 12.1 Å². The predicted octanol–water partition coefficient (Wildman–Crippen LogP) is 2.48. The number of aromatic amines is 1. The molecule has 2 aliphatic rings. The van der Waals surface area contributed by atoms with Gasteiger partial charge in [0.1, 0.15) is 5.75 Å². The summed E-state index contributed by atoms with van der Waals surface area (Å²) >= 11 is 0. The van der Waals surface area contributed by atoms with Crippen molar-refractivity contribution >= 4 is 0 Å². The number of rotatable bonds is 5. The number of H-pyrrole nitrogens is 1. The second-order valence-electron chi connectivity index (χ2n) is 8.17. The van der Waals surface area contributed by atoms with Crippen molar-refractivity contribution in [2.24, 2.45) is 0 Å². The Morgan fingerprint density at radius 1 is 1.22 bits per heavy atom. The summed E-state index contributed by atoms with van der Waals surface area (Å²) in [7, 11) is 1.71. The van der Waals surface area contributed by atoms with Crippen LogP contribution in [0.3, 0.4) is 0 Å². The number of aromatic nitrogens is 2. The fourth-order valence-corrected chi connectivity index (χ4v) is 4.43. The minimum atomic E-state index is 0.117. The number of fused-ring (bicyclic) bond motifs is 1. The van der Waals surface area contributed by atoms with Crippen molar-refractivity contribution in [2.75, 3.05) is 46.5 Å². The Labute approximate surface area is 161 Å². The SMILES string of the molecule is COc1ccc(C2CN(CC(C)(C)N3CCOCC3)Cc3[nH]cnc32)cc1. The molecule has 1 aromatic heterocycles. The first-order valence-corrected chi connectivity index (χ1v) is 9.78. The third-order valence-corrected chi connectivity index (χ3v) is 5.90. The number of morpholine rings is 1. The van der Waals surface area contributed by atoms with Gasteiger partial charge in [0.15, 0.2) is 0 Å². The van der Waals surface area contributed by atoms with Gasteiger partial charge in [0, 0.05) is 44.2 Å². The van der Waals surface area contributed by atoms with Crippen LogP contribution in [0.5, 0.6) is 5.75 Å². The van der Waals surface area contributed by atoms with Crippen LogP contribution in [0, 0.1) is 0 Å². The van der Waals surface area contributed by atoms with Gasteiger partial charge >= 0.3 is 0 Å². The Morgan fingerprint density at radius 2 is 1.96 bits per heavy atom. The van der Waals surface area contributed by atoms with Crippen molar-refractivity contribution < 1.29 is 9.47 Å². The Hall–Kier alpha value is -1.89. The Morgan fingerprint density at radius 3 is 2.67 bits per heavy atom. The number of methoxy groups -OCH3 is 1. The first-order chi connectivity index (χ1) is 13.1. The van der Waals surface area contributed by atoms with E-state index in [0.717, 1.165) is 51.7 Å². The minimum absolute atomic E-state index is 0.117. The van der Waals surface area contributed by atoms with Crippen LogP contribution in [0.2, 0.25) is 0 Å². The van der Waals surface area contributed by atoms with Gasteiger partial charge in [-0.3, -0.25) is 9.80 Å². The molecule has 0 saturated carbocycles. The number of hydrogen-bond acceptors (Lipinski definition) is 5. The molecule has 4 rings (SSSR count). The summed E-state index contributed by atoms with van der Waals surface area (Å²) in [6, 6.07) is 8.41. The third kappa shape index (κ3) is 3.88. The maximum Gasteiger partial charge on any atom is 0.118 e. The zero-order chi connectivity index (χ0) is 18.9. The Balaban J connectivity index is 1.53. The number of nitrogens with one attached hydrogen (secondary N) is 1. The lowest BCUT2D eigenvalue weighted by atomic mass is 9.89. The van der Waals surface area contributed by atoms with Crippen molar-refractivity contribution in [3.05, 3.63) is 47.5 Å². The molecule has 1 atom stereocenters. The maximum absolute atomic E-state index is 5.54. The summed E-state index contributed by atoms with van der Waals surface area (Å²) in [5, 5.41) is 0. The normalized spacial score (nSPS) is 21.8. The molecule has 2 aliphatic heterocycles. The molecule has 1 fully saturated rings. The molecular weight excluding hydrogens is 340 g/mol. The number of ether oxygens (including phenoxy) is 2. The van der Waals surface area contributed by atoms with E-state index in [2.05, 4.69) is 45.7 Å². The van der Waals surface area contributed by atoms with Crippen molar-refractivity contribution in [1.29, 1.82) is 0 Å². The zero-order valence-electron chi connectivity index (χ0n) is 16.6. The van der Waals surface area contributed by atoms with E-state index in [4.69, 9.17) is 9.47 Å². The summed E-state index contributed by atoms with van der Waals surface area (Å²) in [6.07, 6.45) is 1.83. The van der Waals surface area contributed by atoms with Gasteiger partial charge in [-0.15, -0.1) is 0 Å². The highest BCUT2D eigenvalue weighted by atomic mass is 16.5. The molecule has 6 heteroatoms. The standard InChI is InChI=1S/C21H30N4O2/c1-21(2,25-8-10-27-11-9-25)14-24-12-18(20-19(13-24)22-15-23-20)16-4-6-17(26-3)7-5-16/h4-7,15,18H,8-14H2,1-3H3,(H,22,23). The molecule has 0 aliphatic carbocycles. The fraction of sp³-hybridized carbons (Fsp3) is 0.571. The van der Waals surface area contributed by atoms with Crippen molar-refractivity contribution in [3.8, 4) is 5.75 Å². The van der Waals surface area contributed by atoms with Crippen LogP contribution in [-0.2, 0) is 11.3 Å². The average molecular weight is 370 g/mol. The minimum Gasteiger partial charge on any atom is -0.497 e. The van der Waals surface area contributed by atoms with Crippen LogP contribution in [0.4, 0.5) is 0 Å². The van der Waals surface area contributed by atoms with Gasteiger partial charge in [-0.25, -0.2) is 4.98 Å². The van der Waals surface area contributed by atoms with Crippen molar-refractivity contribution in [1.82, 2.24) is 19.8 Å². The smallest absolute Gasteiger partial charge is 0.118 e. The third-order valence-electron chi connectivity index (χ3n) is 5.90. The van der Waals surface area contributed by atoms with E-state index in [0.29, 0.717) is 0 Å². The van der Waals surface area contributed by atoms with Crippen LogP contribution in [0.15, 0.2) is 30.6 Å². The molecule has 146 valence electrons. The highest BCUT2D eigenvalue weighted by molar-refractivity contribution is 5.36. The van der Waals surface area contributed by atoms with E-state index in [9.17, 15) is 0 Å². The van der Waals surface area contributed by atoms with Crippen LogP contribution in [-0.4, -0.2) is 71.8 Å². The van der Waals surface area contributed by atoms with E-state index in [1.165, 1.54) is 17.0 Å².